The molecule has 0 N–H and O–H groups in total. The molecule has 1 aliphatic rings. The molecule has 0 aliphatic carbocycles. The van der Waals surface area contributed by atoms with Crippen molar-refractivity contribution in [1.29, 1.82) is 0 Å². The van der Waals surface area contributed by atoms with Gasteiger partial charge in [-0.05, 0) is 47.4 Å². The molecular weight excluding hydrogens is 425 g/mol. The Kier molecular flexibility index (Phi) is 6.94. The molecule has 0 radical (unpaired) electrons. The average Bonchev–Trinajstić information content (AvgIpc) is 3.12. The maximum atomic E-state index is 14.4. The Morgan fingerprint density at radius 2 is 1.50 bits per heavy atom. The Morgan fingerprint density at radius 3 is 2.09 bits per heavy atom. The van der Waals surface area contributed by atoms with Gasteiger partial charge in [0, 0.05) is 6.26 Å². The lowest BCUT2D eigenvalue weighted by molar-refractivity contribution is -0.112. The monoisotopic (exact) mass is 451 g/mol. The summed E-state index contributed by atoms with van der Waals surface area (Å²) in [5, 5.41) is 0. The van der Waals surface area contributed by atoms with Crippen molar-refractivity contribution in [2.75, 3.05) is 17.7 Å². The third-order valence-electron chi connectivity index (χ3n) is 5.21. The summed E-state index contributed by atoms with van der Waals surface area (Å²) in [5.41, 5.74) is 3.53. The Labute approximate surface area is 188 Å². The minimum atomic E-state index is -3.35. The number of rotatable bonds is 4. The van der Waals surface area contributed by atoms with Gasteiger partial charge in [0.1, 0.15) is 5.82 Å². The van der Waals surface area contributed by atoms with Crippen LogP contribution in [0, 0.1) is 12.7 Å². The third-order valence-corrected chi connectivity index (χ3v) is 6.46. The van der Waals surface area contributed by atoms with Crippen molar-refractivity contribution in [2.45, 2.75) is 25.7 Å². The van der Waals surface area contributed by atoms with Crippen LogP contribution in [0.15, 0.2) is 77.7 Å². The normalized spacial score (nSPS) is 13.8. The van der Waals surface area contributed by atoms with Crippen LogP contribution < -0.4 is 4.90 Å². The van der Waals surface area contributed by atoms with Crippen LogP contribution in [0.25, 0.3) is 11.1 Å². The smallest absolute Gasteiger partial charge is 0.259 e. The first-order valence-electron chi connectivity index (χ1n) is 10.4. The molecule has 0 saturated carbocycles. The summed E-state index contributed by atoms with van der Waals surface area (Å²) in [6, 6.07) is 20.5. The highest BCUT2D eigenvalue weighted by Crippen LogP contribution is 2.38. The fourth-order valence-electron chi connectivity index (χ4n) is 3.83. The molecule has 3 aromatic rings. The highest BCUT2D eigenvalue weighted by atomic mass is 32.2. The first-order valence-corrected chi connectivity index (χ1v) is 12.3. The Bertz CT molecular complexity index is 1280. The molecule has 1 amide bonds. The molecule has 6 heteroatoms. The number of amides is 1. The summed E-state index contributed by atoms with van der Waals surface area (Å²) >= 11 is 0. The van der Waals surface area contributed by atoms with Crippen LogP contribution in [0.4, 0.5) is 10.1 Å². The summed E-state index contributed by atoms with van der Waals surface area (Å²) in [6.07, 6.45) is 1.17. The zero-order valence-electron chi connectivity index (χ0n) is 18.6. The molecule has 32 heavy (non-hydrogen) atoms. The number of carbonyl (C=O) groups excluding carboxylic acids is 1. The SMILES string of the molecule is CC.Cc1cc(C2=C(c3ccccc3)C(=O)N(c3ccccc3F)C2)ccc1S(C)(=O)=O. The van der Waals surface area contributed by atoms with Crippen molar-refractivity contribution in [1.82, 2.24) is 0 Å². The molecule has 3 aromatic carbocycles. The van der Waals surface area contributed by atoms with Crippen LogP contribution in [0.5, 0.6) is 0 Å². The molecular formula is C26H26FNO3S. The van der Waals surface area contributed by atoms with E-state index in [4.69, 9.17) is 0 Å². The fourth-order valence-corrected chi connectivity index (χ4v) is 4.79. The Balaban J connectivity index is 0.00000141. The van der Waals surface area contributed by atoms with E-state index < -0.39 is 15.7 Å². The number of aryl methyl sites for hydroxylation is 1. The van der Waals surface area contributed by atoms with Gasteiger partial charge >= 0.3 is 0 Å². The van der Waals surface area contributed by atoms with Crippen LogP contribution in [0.3, 0.4) is 0 Å². The maximum absolute atomic E-state index is 14.4. The molecule has 4 rings (SSSR count). The van der Waals surface area contributed by atoms with E-state index in [9.17, 15) is 17.6 Å². The summed E-state index contributed by atoms with van der Waals surface area (Å²) in [6.45, 7) is 5.93. The van der Waals surface area contributed by atoms with Crippen LogP contribution >= 0.6 is 0 Å². The quantitative estimate of drug-likeness (QED) is 0.525. The number of hydrogen-bond donors (Lipinski definition) is 0. The number of nitrogens with zero attached hydrogens (tertiary/aromatic N) is 1. The van der Waals surface area contributed by atoms with Gasteiger partial charge in [-0.25, -0.2) is 12.8 Å². The molecule has 0 spiro atoms. The van der Waals surface area contributed by atoms with Gasteiger partial charge in [-0.1, -0.05) is 68.4 Å². The lowest BCUT2D eigenvalue weighted by Crippen LogP contribution is -2.27. The molecule has 1 aliphatic heterocycles. The van der Waals surface area contributed by atoms with Gasteiger partial charge in [0.05, 0.1) is 22.7 Å². The van der Waals surface area contributed by atoms with Gasteiger partial charge in [-0.2, -0.15) is 0 Å². The second-order valence-electron chi connectivity index (χ2n) is 7.31. The minimum absolute atomic E-state index is 0.196. The Hall–Kier alpha value is -3.25. The van der Waals surface area contributed by atoms with E-state index in [1.165, 1.54) is 17.2 Å². The van der Waals surface area contributed by atoms with Crippen molar-refractivity contribution in [3.63, 3.8) is 0 Å². The first-order chi connectivity index (χ1) is 15.3. The predicted octanol–water partition coefficient (Wildman–Crippen LogP) is 5.52. The number of hydrogen-bond acceptors (Lipinski definition) is 3. The molecule has 0 fully saturated rings. The van der Waals surface area contributed by atoms with Gasteiger partial charge in [0.15, 0.2) is 9.84 Å². The first kappa shape index (κ1) is 23.4. The Morgan fingerprint density at radius 1 is 0.875 bits per heavy atom. The molecule has 0 atom stereocenters. The van der Waals surface area contributed by atoms with Gasteiger partial charge in [-0.3, -0.25) is 4.79 Å². The third kappa shape index (κ3) is 4.50. The van der Waals surface area contributed by atoms with Crippen molar-refractivity contribution in [3.8, 4) is 0 Å². The van der Waals surface area contributed by atoms with Gasteiger partial charge < -0.3 is 4.90 Å². The summed E-state index contributed by atoms with van der Waals surface area (Å²) in [4.78, 5) is 15.0. The highest BCUT2D eigenvalue weighted by Gasteiger charge is 2.34. The lowest BCUT2D eigenvalue weighted by Gasteiger charge is -2.18. The zero-order chi connectivity index (χ0) is 23.5. The number of anilines is 1. The number of benzene rings is 3. The zero-order valence-corrected chi connectivity index (χ0v) is 19.4. The van der Waals surface area contributed by atoms with Crippen molar-refractivity contribution < 1.29 is 17.6 Å². The summed E-state index contributed by atoms with van der Waals surface area (Å²) < 4.78 is 38.4. The molecule has 0 bridgehead atoms. The van der Waals surface area contributed by atoms with Gasteiger partial charge in [0.25, 0.3) is 5.91 Å². The van der Waals surface area contributed by atoms with Crippen molar-refractivity contribution in [3.05, 3.63) is 95.3 Å². The van der Waals surface area contributed by atoms with E-state index in [0.29, 0.717) is 11.1 Å². The van der Waals surface area contributed by atoms with Gasteiger partial charge in [0.2, 0.25) is 0 Å². The number of para-hydroxylation sites is 1. The lowest BCUT2D eigenvalue weighted by atomic mass is 9.96. The van der Waals surface area contributed by atoms with Crippen molar-refractivity contribution in [2.24, 2.45) is 0 Å². The van der Waals surface area contributed by atoms with Gasteiger partial charge in [-0.15, -0.1) is 0 Å². The molecule has 0 aromatic heterocycles. The molecule has 0 saturated heterocycles. The molecule has 4 nitrogen and oxygen atoms in total. The summed E-state index contributed by atoms with van der Waals surface area (Å²) in [7, 11) is -3.35. The average molecular weight is 452 g/mol. The number of halogens is 1. The van der Waals surface area contributed by atoms with Crippen LogP contribution in [-0.2, 0) is 14.6 Å². The minimum Gasteiger partial charge on any atom is -0.301 e. The number of sulfone groups is 1. The van der Waals surface area contributed by atoms with E-state index in [-0.39, 0.29) is 23.0 Å². The van der Waals surface area contributed by atoms with E-state index in [0.717, 1.165) is 16.7 Å². The van der Waals surface area contributed by atoms with E-state index >= 15 is 0 Å². The highest BCUT2D eigenvalue weighted by molar-refractivity contribution is 7.90. The second-order valence-corrected chi connectivity index (χ2v) is 9.30. The number of carbonyl (C=O) groups is 1. The standard InChI is InChI=1S/C24H20FNO3S.C2H6/c1-16-14-18(12-13-22(16)30(2,28)29)19-15-26(21-11-7-6-10-20(21)25)24(27)23(19)17-8-4-3-5-9-17;1-2/h3-14H,15H2,1-2H3;1-2H3. The summed E-state index contributed by atoms with van der Waals surface area (Å²) in [5.74, 6) is -0.755. The van der Waals surface area contributed by atoms with E-state index in [2.05, 4.69) is 0 Å². The molecule has 0 unspecified atom stereocenters. The van der Waals surface area contributed by atoms with Crippen LogP contribution in [0.1, 0.15) is 30.5 Å². The van der Waals surface area contributed by atoms with Crippen LogP contribution in [0.2, 0.25) is 0 Å². The van der Waals surface area contributed by atoms with Crippen molar-refractivity contribution >= 4 is 32.6 Å². The molecule has 166 valence electrons. The predicted molar refractivity (Wildman–Crippen MR) is 128 cm³/mol. The van der Waals surface area contributed by atoms with E-state index in [1.807, 2.05) is 44.2 Å². The topological polar surface area (TPSA) is 54.5 Å². The molecule has 1 heterocycles. The fraction of sp³-hybridized carbons (Fsp3) is 0.192. The second kappa shape index (κ2) is 9.49. The maximum Gasteiger partial charge on any atom is 0.259 e. The van der Waals surface area contributed by atoms with Crippen LogP contribution in [-0.4, -0.2) is 27.1 Å². The van der Waals surface area contributed by atoms with E-state index in [1.54, 1.807) is 43.3 Å². The largest absolute Gasteiger partial charge is 0.301 e.